The fourth-order valence-corrected chi connectivity index (χ4v) is 1.89. The van der Waals surface area contributed by atoms with Crippen LogP contribution >= 0.6 is 11.8 Å². The molecule has 3 heteroatoms. The number of aromatic amines is 1. The molecule has 0 fully saturated rings. The van der Waals surface area contributed by atoms with E-state index in [9.17, 15) is 4.79 Å². The van der Waals surface area contributed by atoms with Crippen molar-refractivity contribution in [2.75, 3.05) is 6.26 Å². The van der Waals surface area contributed by atoms with E-state index in [0.717, 1.165) is 11.3 Å². The molecule has 0 aliphatic carbocycles. The first-order valence-electron chi connectivity index (χ1n) is 3.39. The summed E-state index contributed by atoms with van der Waals surface area (Å²) in [6.45, 7) is 3.87. The summed E-state index contributed by atoms with van der Waals surface area (Å²) in [6, 6.07) is 1.62. The minimum absolute atomic E-state index is 0.0159. The Balaban J connectivity index is 3.36. The highest BCUT2D eigenvalue weighted by Crippen LogP contribution is 2.19. The van der Waals surface area contributed by atoms with Gasteiger partial charge in [-0.3, -0.25) is 4.79 Å². The summed E-state index contributed by atoms with van der Waals surface area (Å²) >= 11 is 1.66. The first-order chi connectivity index (χ1) is 5.15. The average Bonchev–Trinajstić information content (AvgIpc) is 1.85. The molecule has 1 aromatic rings. The number of hydrogen-bond donors (Lipinski definition) is 1. The van der Waals surface area contributed by atoms with Gasteiger partial charge in [-0.05, 0) is 25.7 Å². The maximum Gasteiger partial charge on any atom is 0.248 e. The van der Waals surface area contributed by atoms with Crippen molar-refractivity contribution < 1.29 is 0 Å². The van der Waals surface area contributed by atoms with E-state index >= 15 is 0 Å². The first kappa shape index (κ1) is 8.40. The highest BCUT2D eigenvalue weighted by atomic mass is 32.2. The van der Waals surface area contributed by atoms with Crippen molar-refractivity contribution in [1.82, 2.24) is 4.98 Å². The standard InChI is InChI=1S/C8H11NOS/c1-5-4-7(10)9-6(2)8(5)11-3/h4H,1-3H3,(H,9,10). The van der Waals surface area contributed by atoms with Crippen LogP contribution in [0.25, 0.3) is 0 Å². The smallest absolute Gasteiger partial charge is 0.248 e. The number of nitrogens with one attached hydrogen (secondary N) is 1. The van der Waals surface area contributed by atoms with Crippen LogP contribution in [-0.4, -0.2) is 11.2 Å². The summed E-state index contributed by atoms with van der Waals surface area (Å²) in [5.41, 5.74) is 2.00. The van der Waals surface area contributed by atoms with Crippen molar-refractivity contribution in [1.29, 1.82) is 0 Å². The molecule has 0 saturated carbocycles. The molecule has 0 saturated heterocycles. The lowest BCUT2D eigenvalue weighted by Gasteiger charge is -2.04. The molecule has 2 nitrogen and oxygen atoms in total. The van der Waals surface area contributed by atoms with E-state index < -0.39 is 0 Å². The van der Waals surface area contributed by atoms with E-state index in [2.05, 4.69) is 4.98 Å². The van der Waals surface area contributed by atoms with Crippen molar-refractivity contribution in [3.05, 3.63) is 27.7 Å². The van der Waals surface area contributed by atoms with Gasteiger partial charge in [0.2, 0.25) is 5.56 Å². The van der Waals surface area contributed by atoms with E-state index in [0.29, 0.717) is 0 Å². The van der Waals surface area contributed by atoms with Crippen LogP contribution in [0.2, 0.25) is 0 Å². The molecule has 0 aliphatic rings. The molecule has 0 aliphatic heterocycles. The molecule has 0 unspecified atom stereocenters. The largest absolute Gasteiger partial charge is 0.325 e. The zero-order valence-electron chi connectivity index (χ0n) is 6.89. The van der Waals surface area contributed by atoms with Crippen LogP contribution in [0, 0.1) is 13.8 Å². The van der Waals surface area contributed by atoms with Gasteiger partial charge < -0.3 is 4.98 Å². The fourth-order valence-electron chi connectivity index (χ4n) is 1.15. The normalized spacial score (nSPS) is 10.1. The lowest BCUT2D eigenvalue weighted by atomic mass is 10.2. The van der Waals surface area contributed by atoms with E-state index in [1.165, 1.54) is 4.90 Å². The topological polar surface area (TPSA) is 32.9 Å². The fraction of sp³-hybridized carbons (Fsp3) is 0.375. The molecule has 1 rings (SSSR count). The molecule has 1 N–H and O–H groups in total. The second kappa shape index (κ2) is 3.13. The van der Waals surface area contributed by atoms with Crippen molar-refractivity contribution in [2.45, 2.75) is 18.7 Å². The predicted molar refractivity (Wildman–Crippen MR) is 48.3 cm³/mol. The summed E-state index contributed by atoms with van der Waals surface area (Å²) in [7, 11) is 0. The molecule has 60 valence electrons. The number of aryl methyl sites for hydroxylation is 2. The van der Waals surface area contributed by atoms with E-state index in [-0.39, 0.29) is 5.56 Å². The number of pyridine rings is 1. The molecule has 0 amide bonds. The van der Waals surface area contributed by atoms with Gasteiger partial charge in [-0.25, -0.2) is 0 Å². The van der Waals surface area contributed by atoms with Crippen LogP contribution in [0.3, 0.4) is 0 Å². The van der Waals surface area contributed by atoms with E-state index in [1.807, 2.05) is 20.1 Å². The number of hydrogen-bond acceptors (Lipinski definition) is 2. The maximum absolute atomic E-state index is 10.9. The third kappa shape index (κ3) is 1.66. The quantitative estimate of drug-likeness (QED) is 0.649. The molecule has 0 aromatic carbocycles. The Bertz CT molecular complexity index is 290. The second-order valence-electron chi connectivity index (χ2n) is 2.47. The van der Waals surface area contributed by atoms with Gasteiger partial charge in [0.25, 0.3) is 0 Å². The molecule has 1 heterocycles. The van der Waals surface area contributed by atoms with Crippen LogP contribution in [0.5, 0.6) is 0 Å². The van der Waals surface area contributed by atoms with Crippen molar-refractivity contribution in [3.8, 4) is 0 Å². The van der Waals surface area contributed by atoms with Gasteiger partial charge in [0, 0.05) is 16.7 Å². The summed E-state index contributed by atoms with van der Waals surface area (Å²) in [6.07, 6.45) is 2.01. The monoisotopic (exact) mass is 169 g/mol. The Kier molecular flexibility index (Phi) is 2.39. The van der Waals surface area contributed by atoms with Crippen molar-refractivity contribution in [3.63, 3.8) is 0 Å². The Morgan fingerprint density at radius 2 is 2.09 bits per heavy atom. The Hall–Kier alpha value is -0.700. The van der Waals surface area contributed by atoms with Gasteiger partial charge in [0.05, 0.1) is 0 Å². The molecule has 0 spiro atoms. The van der Waals surface area contributed by atoms with Crippen LogP contribution < -0.4 is 5.56 Å². The number of rotatable bonds is 1. The summed E-state index contributed by atoms with van der Waals surface area (Å²) in [5.74, 6) is 0. The van der Waals surface area contributed by atoms with E-state index in [1.54, 1.807) is 17.8 Å². The van der Waals surface area contributed by atoms with Crippen LogP contribution in [0.4, 0.5) is 0 Å². The second-order valence-corrected chi connectivity index (χ2v) is 3.29. The molecule has 0 atom stereocenters. The van der Waals surface area contributed by atoms with Gasteiger partial charge in [-0.15, -0.1) is 11.8 Å². The van der Waals surface area contributed by atoms with Crippen LogP contribution in [0.15, 0.2) is 15.8 Å². The molecule has 11 heavy (non-hydrogen) atoms. The Labute approximate surface area is 70.0 Å². The summed E-state index contributed by atoms with van der Waals surface area (Å²) < 4.78 is 0. The molecule has 0 radical (unpaired) electrons. The van der Waals surface area contributed by atoms with E-state index in [4.69, 9.17) is 0 Å². The Morgan fingerprint density at radius 1 is 1.45 bits per heavy atom. The van der Waals surface area contributed by atoms with Crippen molar-refractivity contribution >= 4 is 11.8 Å². The highest BCUT2D eigenvalue weighted by Gasteiger charge is 2.00. The van der Waals surface area contributed by atoms with Gasteiger partial charge in [0.1, 0.15) is 0 Å². The van der Waals surface area contributed by atoms with Crippen LogP contribution in [-0.2, 0) is 0 Å². The minimum atomic E-state index is -0.0159. The molecular weight excluding hydrogens is 158 g/mol. The number of H-pyrrole nitrogens is 1. The third-order valence-corrected chi connectivity index (χ3v) is 2.60. The predicted octanol–water partition coefficient (Wildman–Crippen LogP) is 1.71. The maximum atomic E-state index is 10.9. The molecule has 0 bridgehead atoms. The zero-order valence-corrected chi connectivity index (χ0v) is 7.71. The lowest BCUT2D eigenvalue weighted by Crippen LogP contribution is -2.07. The molecule has 1 aromatic heterocycles. The van der Waals surface area contributed by atoms with Crippen LogP contribution in [0.1, 0.15) is 11.3 Å². The summed E-state index contributed by atoms with van der Waals surface area (Å²) in [4.78, 5) is 14.8. The Morgan fingerprint density at radius 3 is 2.55 bits per heavy atom. The van der Waals surface area contributed by atoms with Gasteiger partial charge >= 0.3 is 0 Å². The van der Waals surface area contributed by atoms with Gasteiger partial charge in [-0.2, -0.15) is 0 Å². The molecular formula is C8H11NOS. The first-order valence-corrected chi connectivity index (χ1v) is 4.62. The lowest BCUT2D eigenvalue weighted by molar-refractivity contribution is 1.04. The SMILES string of the molecule is CSc1c(C)cc(=O)[nH]c1C. The average molecular weight is 169 g/mol. The number of thioether (sulfide) groups is 1. The van der Waals surface area contributed by atoms with Crippen molar-refractivity contribution in [2.24, 2.45) is 0 Å². The summed E-state index contributed by atoms with van der Waals surface area (Å²) in [5, 5.41) is 0. The van der Waals surface area contributed by atoms with Gasteiger partial charge in [0.15, 0.2) is 0 Å². The minimum Gasteiger partial charge on any atom is -0.325 e. The number of aromatic nitrogens is 1. The highest BCUT2D eigenvalue weighted by molar-refractivity contribution is 7.98. The zero-order chi connectivity index (χ0) is 8.43. The third-order valence-electron chi connectivity index (χ3n) is 1.56. The van der Waals surface area contributed by atoms with Gasteiger partial charge in [-0.1, -0.05) is 0 Å².